The molecule has 1 unspecified atom stereocenters. The summed E-state index contributed by atoms with van der Waals surface area (Å²) in [6.45, 7) is 4.54. The minimum absolute atomic E-state index is 0.0664. The van der Waals surface area contributed by atoms with Gasteiger partial charge in [0.05, 0.1) is 28.8 Å². The van der Waals surface area contributed by atoms with Gasteiger partial charge in [0, 0.05) is 17.8 Å². The van der Waals surface area contributed by atoms with Crippen molar-refractivity contribution in [1.29, 1.82) is 0 Å². The Hall–Kier alpha value is -3.13. The van der Waals surface area contributed by atoms with Crippen molar-refractivity contribution in [2.24, 2.45) is 11.8 Å². The van der Waals surface area contributed by atoms with E-state index in [0.717, 1.165) is 11.8 Å². The topological polar surface area (TPSA) is 92.8 Å². The van der Waals surface area contributed by atoms with E-state index >= 15 is 0 Å². The monoisotopic (exact) mass is 440 g/mol. The summed E-state index contributed by atoms with van der Waals surface area (Å²) in [5.74, 6) is -1.31. The molecule has 2 aromatic rings. The fourth-order valence-corrected chi connectivity index (χ4v) is 5.23. The lowest BCUT2D eigenvalue weighted by molar-refractivity contribution is -0.120. The largest absolute Gasteiger partial charge is 0.497 e. The molecule has 0 spiro atoms. The molecule has 162 valence electrons. The van der Waals surface area contributed by atoms with Crippen molar-refractivity contribution in [2.75, 3.05) is 23.9 Å². The Morgan fingerprint density at radius 2 is 1.87 bits per heavy atom. The first-order valence-corrected chi connectivity index (χ1v) is 11.6. The number of ether oxygens (including phenoxy) is 1. The van der Waals surface area contributed by atoms with Crippen LogP contribution in [0.25, 0.3) is 0 Å². The number of para-hydroxylation sites is 1. The zero-order valence-corrected chi connectivity index (χ0v) is 18.4. The second-order valence-electron chi connectivity index (χ2n) is 8.09. The van der Waals surface area contributed by atoms with E-state index in [0.29, 0.717) is 35.2 Å². The van der Waals surface area contributed by atoms with Crippen LogP contribution in [0.4, 0.5) is 11.4 Å². The third kappa shape index (κ3) is 3.72. The number of methoxy groups -OCH3 is 1. The van der Waals surface area contributed by atoms with Crippen LogP contribution in [0, 0.1) is 11.8 Å². The number of rotatable bonds is 5. The summed E-state index contributed by atoms with van der Waals surface area (Å²) in [6, 6.07) is 11.4. The van der Waals surface area contributed by atoms with E-state index in [1.165, 1.54) is 13.2 Å². The van der Waals surface area contributed by atoms with Crippen LogP contribution in [0.15, 0.2) is 58.5 Å². The number of carbonyl (C=O) groups is 2. The third-order valence-corrected chi connectivity index (χ3v) is 7.06. The molecule has 2 aliphatic heterocycles. The van der Waals surface area contributed by atoms with E-state index < -0.39 is 27.4 Å². The number of carbonyl (C=O) groups excluding carboxylic acids is 2. The van der Waals surface area contributed by atoms with Crippen LogP contribution >= 0.6 is 0 Å². The zero-order chi connectivity index (χ0) is 22.3. The molecule has 4 rings (SSSR count). The minimum atomic E-state index is -3.79. The second-order valence-corrected chi connectivity index (χ2v) is 9.86. The molecule has 0 fully saturated rings. The second kappa shape index (κ2) is 7.85. The summed E-state index contributed by atoms with van der Waals surface area (Å²) < 4.78 is 30.9. The summed E-state index contributed by atoms with van der Waals surface area (Å²) >= 11 is 0. The Labute approximate surface area is 181 Å². The standard InChI is InChI=1S/C23H24N2O5S/c1-14(2)10-11-25-19-9-8-15(30-3)12-16(19)22(26)21(23(25)27)18-13-31(28,29)20-7-5-4-6-17(20)24-18/h4-9,12-14,21,24H,10-11H2,1-3H3. The van der Waals surface area contributed by atoms with Gasteiger partial charge in [-0.2, -0.15) is 0 Å². The van der Waals surface area contributed by atoms with Crippen LogP contribution in [-0.2, 0) is 14.6 Å². The number of fused-ring (bicyclic) bond motifs is 2. The van der Waals surface area contributed by atoms with E-state index in [1.54, 1.807) is 41.3 Å². The quantitative estimate of drug-likeness (QED) is 0.714. The van der Waals surface area contributed by atoms with Gasteiger partial charge < -0.3 is 15.0 Å². The summed E-state index contributed by atoms with van der Waals surface area (Å²) in [6.07, 6.45) is 0.742. The number of ketones is 1. The van der Waals surface area contributed by atoms with Crippen molar-refractivity contribution < 1.29 is 22.7 Å². The van der Waals surface area contributed by atoms with Crippen LogP contribution in [-0.4, -0.2) is 33.8 Å². The Morgan fingerprint density at radius 3 is 2.58 bits per heavy atom. The summed E-state index contributed by atoms with van der Waals surface area (Å²) in [5.41, 5.74) is 1.28. The van der Waals surface area contributed by atoms with Gasteiger partial charge in [-0.05, 0) is 42.7 Å². The lowest BCUT2D eigenvalue weighted by Crippen LogP contribution is -2.47. The molecule has 1 N–H and O–H groups in total. The van der Waals surface area contributed by atoms with Crippen LogP contribution in [0.2, 0.25) is 0 Å². The van der Waals surface area contributed by atoms with Crippen LogP contribution in [0.5, 0.6) is 5.75 Å². The van der Waals surface area contributed by atoms with Gasteiger partial charge in [0.2, 0.25) is 15.7 Å². The molecule has 0 saturated carbocycles. The predicted octanol–water partition coefficient (Wildman–Crippen LogP) is 3.63. The highest BCUT2D eigenvalue weighted by molar-refractivity contribution is 7.94. The molecule has 0 aromatic heterocycles. The normalized spacial score (nSPS) is 19.4. The third-order valence-electron chi connectivity index (χ3n) is 5.53. The maximum atomic E-state index is 13.5. The van der Waals surface area contributed by atoms with Gasteiger partial charge in [-0.15, -0.1) is 0 Å². The van der Waals surface area contributed by atoms with E-state index in [1.807, 2.05) is 0 Å². The van der Waals surface area contributed by atoms with Gasteiger partial charge in [-0.3, -0.25) is 9.59 Å². The maximum absolute atomic E-state index is 13.5. The number of hydrogen-bond acceptors (Lipinski definition) is 6. The molecule has 0 saturated heterocycles. The number of hydrogen-bond donors (Lipinski definition) is 1. The first-order valence-electron chi connectivity index (χ1n) is 10.1. The maximum Gasteiger partial charge on any atom is 0.244 e. The molecule has 2 aliphatic rings. The number of benzene rings is 2. The van der Waals surface area contributed by atoms with Gasteiger partial charge in [0.15, 0.2) is 5.78 Å². The average molecular weight is 441 g/mol. The molecule has 0 radical (unpaired) electrons. The summed E-state index contributed by atoms with van der Waals surface area (Å²) in [5, 5.41) is 4.01. The molecular formula is C23H24N2O5S. The molecular weight excluding hydrogens is 416 g/mol. The average Bonchev–Trinajstić information content (AvgIpc) is 2.73. The van der Waals surface area contributed by atoms with Crippen LogP contribution < -0.4 is 15.0 Å². The fourth-order valence-electron chi connectivity index (χ4n) is 3.88. The highest BCUT2D eigenvalue weighted by Crippen LogP contribution is 2.39. The highest BCUT2D eigenvalue weighted by Gasteiger charge is 2.43. The van der Waals surface area contributed by atoms with Crippen molar-refractivity contribution in [3.05, 3.63) is 59.1 Å². The predicted molar refractivity (Wildman–Crippen MR) is 118 cm³/mol. The number of sulfone groups is 1. The molecule has 7 nitrogen and oxygen atoms in total. The molecule has 31 heavy (non-hydrogen) atoms. The Kier molecular flexibility index (Phi) is 5.35. The van der Waals surface area contributed by atoms with E-state index in [2.05, 4.69) is 19.2 Å². The Balaban J connectivity index is 1.82. The smallest absolute Gasteiger partial charge is 0.244 e. The molecule has 0 aliphatic carbocycles. The summed E-state index contributed by atoms with van der Waals surface area (Å²) in [7, 11) is -2.29. The lowest BCUT2D eigenvalue weighted by atomic mass is 9.87. The van der Waals surface area contributed by atoms with E-state index in [4.69, 9.17) is 4.74 Å². The minimum Gasteiger partial charge on any atom is -0.497 e. The number of anilines is 2. The number of nitrogens with zero attached hydrogens (tertiary/aromatic N) is 1. The molecule has 1 atom stereocenters. The Morgan fingerprint density at radius 1 is 1.13 bits per heavy atom. The van der Waals surface area contributed by atoms with Crippen LogP contribution in [0.3, 0.4) is 0 Å². The van der Waals surface area contributed by atoms with Gasteiger partial charge in [0.1, 0.15) is 11.7 Å². The van der Waals surface area contributed by atoms with Gasteiger partial charge in [-0.25, -0.2) is 8.42 Å². The fraction of sp³-hybridized carbons (Fsp3) is 0.304. The molecule has 8 heteroatoms. The van der Waals surface area contributed by atoms with Crippen molar-refractivity contribution in [3.63, 3.8) is 0 Å². The molecule has 2 heterocycles. The SMILES string of the molecule is COc1ccc2c(c1)C(=O)C(C1=CS(=O)(=O)c3ccccc3N1)C(=O)N2CCC(C)C. The van der Waals surface area contributed by atoms with Gasteiger partial charge in [0.25, 0.3) is 0 Å². The lowest BCUT2D eigenvalue weighted by Gasteiger charge is -2.35. The van der Waals surface area contributed by atoms with Gasteiger partial charge in [-0.1, -0.05) is 26.0 Å². The first kappa shape index (κ1) is 21.1. The van der Waals surface area contributed by atoms with E-state index in [-0.39, 0.29) is 10.6 Å². The molecule has 0 bridgehead atoms. The number of amides is 1. The molecule has 2 aromatic carbocycles. The Bertz CT molecular complexity index is 1200. The highest BCUT2D eigenvalue weighted by atomic mass is 32.2. The van der Waals surface area contributed by atoms with Crippen molar-refractivity contribution >= 4 is 32.9 Å². The molecule has 1 amide bonds. The summed E-state index contributed by atoms with van der Waals surface area (Å²) in [4.78, 5) is 28.6. The van der Waals surface area contributed by atoms with Crippen molar-refractivity contribution in [2.45, 2.75) is 25.2 Å². The van der Waals surface area contributed by atoms with Crippen LogP contribution in [0.1, 0.15) is 30.6 Å². The van der Waals surface area contributed by atoms with Gasteiger partial charge >= 0.3 is 0 Å². The van der Waals surface area contributed by atoms with E-state index in [9.17, 15) is 18.0 Å². The zero-order valence-electron chi connectivity index (χ0n) is 17.6. The van der Waals surface area contributed by atoms with Crippen molar-refractivity contribution in [1.82, 2.24) is 0 Å². The first-order chi connectivity index (χ1) is 14.7. The number of nitrogens with one attached hydrogen (secondary N) is 1. The van der Waals surface area contributed by atoms with Crippen molar-refractivity contribution in [3.8, 4) is 5.75 Å². The number of Topliss-reactive ketones (excluding diaryl/α,β-unsaturated/α-hetero) is 1.